The number of hydrogen-bond acceptors (Lipinski definition) is 4. The lowest BCUT2D eigenvalue weighted by Crippen LogP contribution is -2.49. The Hall–Kier alpha value is -3.02. The van der Waals surface area contributed by atoms with Crippen LogP contribution in [0.25, 0.3) is 0 Å². The quantitative estimate of drug-likeness (QED) is 0.705. The molecule has 2 saturated heterocycles. The number of aryl methyl sites for hydroxylation is 1. The molecule has 3 aliphatic rings. The van der Waals surface area contributed by atoms with Gasteiger partial charge in [0.15, 0.2) is 0 Å². The van der Waals surface area contributed by atoms with Crippen molar-refractivity contribution in [2.45, 2.75) is 51.5 Å². The normalized spacial score (nSPS) is 19.7. The van der Waals surface area contributed by atoms with Crippen LogP contribution in [0.3, 0.4) is 0 Å². The van der Waals surface area contributed by atoms with E-state index in [1.54, 1.807) is 0 Å². The summed E-state index contributed by atoms with van der Waals surface area (Å²) in [5.74, 6) is 0.598. The second kappa shape index (κ2) is 10.7. The van der Waals surface area contributed by atoms with Crippen molar-refractivity contribution in [2.24, 2.45) is 5.92 Å². The maximum absolute atomic E-state index is 13.6. The molecule has 2 aliphatic heterocycles. The van der Waals surface area contributed by atoms with Crippen LogP contribution in [0.2, 0.25) is 0 Å². The summed E-state index contributed by atoms with van der Waals surface area (Å²) in [5.41, 5.74) is 4.37. The molecule has 1 aliphatic carbocycles. The fraction of sp³-hybridized carbons (Fsp3) is 0.517. The first-order chi connectivity index (χ1) is 17.1. The van der Waals surface area contributed by atoms with Crippen molar-refractivity contribution in [1.82, 2.24) is 10.2 Å². The Morgan fingerprint density at radius 2 is 1.34 bits per heavy atom. The summed E-state index contributed by atoms with van der Waals surface area (Å²) in [6, 6.07) is 16.8. The van der Waals surface area contributed by atoms with Crippen LogP contribution in [0, 0.1) is 12.8 Å². The van der Waals surface area contributed by atoms with E-state index < -0.39 is 0 Å². The van der Waals surface area contributed by atoms with E-state index >= 15 is 0 Å². The monoisotopic (exact) mass is 474 g/mol. The predicted octanol–water partition coefficient (Wildman–Crippen LogP) is 4.23. The van der Waals surface area contributed by atoms with E-state index in [0.717, 1.165) is 76.2 Å². The predicted molar refractivity (Wildman–Crippen MR) is 141 cm³/mol. The van der Waals surface area contributed by atoms with Gasteiger partial charge in [0.05, 0.1) is 5.56 Å². The molecule has 35 heavy (non-hydrogen) atoms. The van der Waals surface area contributed by atoms with Crippen LogP contribution < -0.4 is 15.1 Å². The highest BCUT2D eigenvalue weighted by Gasteiger charge is 2.29. The van der Waals surface area contributed by atoms with E-state index in [4.69, 9.17) is 0 Å². The molecule has 6 heteroatoms. The lowest BCUT2D eigenvalue weighted by atomic mass is 10.0. The minimum atomic E-state index is 0.127. The van der Waals surface area contributed by atoms with Gasteiger partial charge in [-0.05, 0) is 56.4 Å². The van der Waals surface area contributed by atoms with E-state index in [1.807, 2.05) is 23.1 Å². The molecule has 2 aromatic rings. The molecule has 186 valence electrons. The topological polar surface area (TPSA) is 55.9 Å². The first-order valence-electron chi connectivity index (χ1n) is 13.3. The Morgan fingerprint density at radius 3 is 2.03 bits per heavy atom. The van der Waals surface area contributed by atoms with Crippen LogP contribution in [0.4, 0.5) is 11.4 Å². The van der Waals surface area contributed by atoms with Gasteiger partial charge in [-0.2, -0.15) is 0 Å². The fourth-order valence-electron chi connectivity index (χ4n) is 5.94. The number of rotatable bonds is 5. The Labute approximate surface area is 209 Å². The zero-order valence-corrected chi connectivity index (χ0v) is 20.9. The molecule has 0 aromatic heterocycles. The fourth-order valence-corrected chi connectivity index (χ4v) is 5.94. The molecular formula is C29H38N4O2. The number of nitrogens with one attached hydrogen (secondary N) is 1. The van der Waals surface area contributed by atoms with Crippen LogP contribution in [0.1, 0.15) is 54.4 Å². The first kappa shape index (κ1) is 23.7. The number of amides is 2. The average Bonchev–Trinajstić information content (AvgIpc) is 3.45. The van der Waals surface area contributed by atoms with E-state index in [0.29, 0.717) is 0 Å². The van der Waals surface area contributed by atoms with Crippen molar-refractivity contribution in [1.29, 1.82) is 0 Å². The Bertz CT molecular complexity index is 1030. The lowest BCUT2D eigenvalue weighted by Gasteiger charge is -2.38. The van der Waals surface area contributed by atoms with Crippen LogP contribution in [-0.4, -0.2) is 62.0 Å². The highest BCUT2D eigenvalue weighted by molar-refractivity contribution is 6.00. The number of carbonyl (C=O) groups excluding carboxylic acids is 2. The summed E-state index contributed by atoms with van der Waals surface area (Å²) in [4.78, 5) is 32.8. The molecule has 0 radical (unpaired) electrons. The minimum Gasteiger partial charge on any atom is -0.371 e. The molecule has 6 nitrogen and oxygen atoms in total. The highest BCUT2D eigenvalue weighted by atomic mass is 16.2. The van der Waals surface area contributed by atoms with Crippen molar-refractivity contribution in [2.75, 3.05) is 49.1 Å². The summed E-state index contributed by atoms with van der Waals surface area (Å²) in [7, 11) is 0. The molecule has 0 spiro atoms. The third-order valence-electron chi connectivity index (χ3n) is 8.07. The first-order valence-corrected chi connectivity index (χ1v) is 13.3. The molecular weight excluding hydrogens is 436 g/mol. The highest BCUT2D eigenvalue weighted by Crippen LogP contribution is 2.28. The third-order valence-corrected chi connectivity index (χ3v) is 8.07. The van der Waals surface area contributed by atoms with Crippen LogP contribution in [-0.2, 0) is 4.79 Å². The molecule has 5 rings (SSSR count). The average molecular weight is 475 g/mol. The number of hydrogen-bond donors (Lipinski definition) is 1. The summed E-state index contributed by atoms with van der Waals surface area (Å²) >= 11 is 0. The maximum atomic E-state index is 13.6. The number of nitrogens with zero attached hydrogens (tertiary/aromatic N) is 3. The van der Waals surface area contributed by atoms with Crippen LogP contribution in [0.15, 0.2) is 48.5 Å². The van der Waals surface area contributed by atoms with Crippen molar-refractivity contribution in [3.8, 4) is 0 Å². The van der Waals surface area contributed by atoms with Gasteiger partial charge in [0.2, 0.25) is 5.91 Å². The summed E-state index contributed by atoms with van der Waals surface area (Å²) < 4.78 is 0. The zero-order chi connectivity index (χ0) is 24.2. The van der Waals surface area contributed by atoms with Crippen molar-refractivity contribution < 1.29 is 9.59 Å². The van der Waals surface area contributed by atoms with Crippen molar-refractivity contribution in [3.05, 3.63) is 59.7 Å². The number of piperidine rings is 1. The van der Waals surface area contributed by atoms with E-state index in [-0.39, 0.29) is 23.8 Å². The van der Waals surface area contributed by atoms with E-state index in [2.05, 4.69) is 52.4 Å². The minimum absolute atomic E-state index is 0.127. The number of para-hydroxylation sites is 2. The molecule has 2 heterocycles. The summed E-state index contributed by atoms with van der Waals surface area (Å²) in [6.45, 7) is 7.04. The number of carbonyl (C=O) groups is 2. The van der Waals surface area contributed by atoms with Gasteiger partial charge in [0, 0.05) is 62.6 Å². The largest absolute Gasteiger partial charge is 0.371 e. The van der Waals surface area contributed by atoms with Gasteiger partial charge >= 0.3 is 0 Å². The number of benzene rings is 2. The van der Waals surface area contributed by atoms with Crippen LogP contribution in [0.5, 0.6) is 0 Å². The molecule has 1 N–H and O–H groups in total. The molecule has 1 saturated carbocycles. The molecule has 2 aromatic carbocycles. The number of piperazine rings is 1. The van der Waals surface area contributed by atoms with Gasteiger partial charge in [-0.3, -0.25) is 9.59 Å². The second-order valence-electron chi connectivity index (χ2n) is 10.3. The maximum Gasteiger partial charge on any atom is 0.256 e. The lowest BCUT2D eigenvalue weighted by molar-refractivity contribution is -0.125. The zero-order valence-electron chi connectivity index (χ0n) is 20.9. The van der Waals surface area contributed by atoms with Gasteiger partial charge < -0.3 is 20.0 Å². The molecule has 3 fully saturated rings. The standard InChI is InChI=1S/C29H38N4O2/c1-22-8-2-6-12-26(22)32-18-20-33(21-19-32)29(35)25-11-5-7-13-27(25)31-16-14-24(15-17-31)30-28(34)23-9-3-4-10-23/h2,5-8,11-13,23-24H,3-4,9-10,14-21H2,1H3,(H,30,34). The SMILES string of the molecule is Cc1ccccc1N1CCN(C(=O)c2ccccc2N2CCC(NC(=O)C3CCCC3)CC2)CC1. The Kier molecular flexibility index (Phi) is 7.26. The third kappa shape index (κ3) is 5.31. The van der Waals surface area contributed by atoms with Crippen LogP contribution >= 0.6 is 0 Å². The molecule has 0 bridgehead atoms. The Morgan fingerprint density at radius 1 is 0.743 bits per heavy atom. The van der Waals surface area contributed by atoms with Gasteiger partial charge in [-0.15, -0.1) is 0 Å². The van der Waals surface area contributed by atoms with E-state index in [9.17, 15) is 9.59 Å². The van der Waals surface area contributed by atoms with Gasteiger partial charge in [-0.25, -0.2) is 0 Å². The summed E-state index contributed by atoms with van der Waals surface area (Å²) in [6.07, 6.45) is 6.30. The second-order valence-corrected chi connectivity index (χ2v) is 10.3. The van der Waals surface area contributed by atoms with Gasteiger partial charge in [0.25, 0.3) is 5.91 Å². The van der Waals surface area contributed by atoms with Crippen molar-refractivity contribution in [3.63, 3.8) is 0 Å². The number of anilines is 2. The molecule has 2 amide bonds. The summed E-state index contributed by atoms with van der Waals surface area (Å²) in [5, 5.41) is 3.30. The van der Waals surface area contributed by atoms with Gasteiger partial charge in [-0.1, -0.05) is 43.2 Å². The molecule has 0 atom stereocenters. The van der Waals surface area contributed by atoms with Crippen molar-refractivity contribution >= 4 is 23.2 Å². The van der Waals surface area contributed by atoms with Gasteiger partial charge in [0.1, 0.15) is 0 Å². The Balaban J connectivity index is 1.18. The smallest absolute Gasteiger partial charge is 0.256 e. The van der Waals surface area contributed by atoms with E-state index in [1.165, 1.54) is 24.1 Å². The molecule has 0 unspecified atom stereocenters.